The van der Waals surface area contributed by atoms with Crippen molar-refractivity contribution in [3.63, 3.8) is 0 Å². The molecule has 2 nitrogen and oxygen atoms in total. The quantitative estimate of drug-likeness (QED) is 0.479. The third kappa shape index (κ3) is 3.92. The first kappa shape index (κ1) is 10.7. The summed E-state index contributed by atoms with van der Waals surface area (Å²) in [6, 6.07) is 0. The van der Waals surface area contributed by atoms with Gasteiger partial charge in [-0.2, -0.15) is 0 Å². The van der Waals surface area contributed by atoms with Gasteiger partial charge in [-0.15, -0.1) is 6.58 Å². The van der Waals surface area contributed by atoms with Crippen LogP contribution in [0.25, 0.3) is 0 Å². The lowest BCUT2D eigenvalue weighted by molar-refractivity contribution is 0.0528. The van der Waals surface area contributed by atoms with E-state index < -0.39 is 0 Å². The standard InChI is InChI=1S/C11H21NO/c1-2-3-4-5-6-7-12-8-11(9-12)10-13/h2,11,13H,1,3-10H2. The van der Waals surface area contributed by atoms with Crippen LogP contribution < -0.4 is 0 Å². The highest BCUT2D eigenvalue weighted by Crippen LogP contribution is 2.15. The minimum Gasteiger partial charge on any atom is -0.396 e. The molecule has 13 heavy (non-hydrogen) atoms. The molecular formula is C11H21NO. The predicted octanol–water partition coefficient (Wildman–Crippen LogP) is 1.66. The number of allylic oxidation sites excluding steroid dienone is 1. The van der Waals surface area contributed by atoms with Crippen molar-refractivity contribution in [3.8, 4) is 0 Å². The highest BCUT2D eigenvalue weighted by atomic mass is 16.3. The minimum atomic E-state index is 0.368. The molecule has 0 spiro atoms. The van der Waals surface area contributed by atoms with Gasteiger partial charge in [0.1, 0.15) is 0 Å². The molecule has 1 N–H and O–H groups in total. The molecule has 1 aliphatic heterocycles. The Morgan fingerprint density at radius 3 is 2.69 bits per heavy atom. The number of hydrogen-bond donors (Lipinski definition) is 1. The van der Waals surface area contributed by atoms with Crippen LogP contribution in [0.2, 0.25) is 0 Å². The minimum absolute atomic E-state index is 0.368. The fourth-order valence-electron chi connectivity index (χ4n) is 1.78. The van der Waals surface area contributed by atoms with Gasteiger partial charge in [0.05, 0.1) is 0 Å². The molecule has 0 aliphatic carbocycles. The van der Waals surface area contributed by atoms with Crippen LogP contribution in [0.1, 0.15) is 25.7 Å². The van der Waals surface area contributed by atoms with Crippen molar-refractivity contribution in [2.75, 3.05) is 26.2 Å². The number of hydrogen-bond acceptors (Lipinski definition) is 2. The van der Waals surface area contributed by atoms with Crippen molar-refractivity contribution in [1.82, 2.24) is 4.90 Å². The van der Waals surface area contributed by atoms with Crippen molar-refractivity contribution in [2.45, 2.75) is 25.7 Å². The molecular weight excluding hydrogens is 162 g/mol. The Kier molecular flexibility index (Phi) is 5.09. The van der Waals surface area contributed by atoms with Gasteiger partial charge in [-0.05, 0) is 25.8 Å². The van der Waals surface area contributed by atoms with E-state index in [9.17, 15) is 0 Å². The van der Waals surface area contributed by atoms with Crippen molar-refractivity contribution in [1.29, 1.82) is 0 Å². The summed E-state index contributed by atoms with van der Waals surface area (Å²) in [5.74, 6) is 0.563. The number of unbranched alkanes of at least 4 members (excludes halogenated alkanes) is 3. The lowest BCUT2D eigenvalue weighted by Gasteiger charge is -2.38. The maximum Gasteiger partial charge on any atom is 0.0483 e. The summed E-state index contributed by atoms with van der Waals surface area (Å²) < 4.78 is 0. The van der Waals surface area contributed by atoms with Gasteiger partial charge in [0, 0.05) is 25.6 Å². The van der Waals surface area contributed by atoms with Crippen molar-refractivity contribution >= 4 is 0 Å². The summed E-state index contributed by atoms with van der Waals surface area (Å²) in [6.07, 6.45) is 7.03. The largest absolute Gasteiger partial charge is 0.396 e. The first-order chi connectivity index (χ1) is 6.36. The zero-order valence-corrected chi connectivity index (χ0v) is 8.41. The van der Waals surface area contributed by atoms with Crippen molar-refractivity contribution in [2.24, 2.45) is 5.92 Å². The highest BCUT2D eigenvalue weighted by Gasteiger charge is 2.24. The van der Waals surface area contributed by atoms with Crippen LogP contribution in [0.4, 0.5) is 0 Å². The van der Waals surface area contributed by atoms with Crippen molar-refractivity contribution in [3.05, 3.63) is 12.7 Å². The third-order valence-electron chi connectivity index (χ3n) is 2.67. The van der Waals surface area contributed by atoms with Crippen LogP contribution in [0.3, 0.4) is 0 Å². The average Bonchev–Trinajstić information content (AvgIpc) is 2.08. The normalized spacial score (nSPS) is 18.5. The molecule has 0 unspecified atom stereocenters. The predicted molar refractivity (Wildman–Crippen MR) is 55.7 cm³/mol. The zero-order valence-electron chi connectivity index (χ0n) is 8.41. The van der Waals surface area contributed by atoms with E-state index in [1.807, 2.05) is 6.08 Å². The van der Waals surface area contributed by atoms with Crippen LogP contribution >= 0.6 is 0 Å². The number of rotatable bonds is 7. The number of likely N-dealkylation sites (tertiary alicyclic amines) is 1. The van der Waals surface area contributed by atoms with Crippen LogP contribution in [-0.2, 0) is 0 Å². The van der Waals surface area contributed by atoms with E-state index in [1.165, 1.54) is 25.8 Å². The van der Waals surface area contributed by atoms with E-state index >= 15 is 0 Å². The molecule has 0 aromatic carbocycles. The topological polar surface area (TPSA) is 23.5 Å². The number of nitrogens with zero attached hydrogens (tertiary/aromatic N) is 1. The van der Waals surface area contributed by atoms with Gasteiger partial charge < -0.3 is 10.0 Å². The molecule has 0 bridgehead atoms. The SMILES string of the molecule is C=CCCCCCN1CC(CO)C1. The van der Waals surface area contributed by atoms with Crippen molar-refractivity contribution < 1.29 is 5.11 Å². The second-order valence-corrected chi connectivity index (χ2v) is 3.95. The molecule has 0 atom stereocenters. The van der Waals surface area contributed by atoms with Gasteiger partial charge in [0.2, 0.25) is 0 Å². The first-order valence-electron chi connectivity index (χ1n) is 5.31. The lowest BCUT2D eigenvalue weighted by atomic mass is 10.0. The molecule has 1 rings (SSSR count). The van der Waals surface area contributed by atoms with E-state index in [0.29, 0.717) is 12.5 Å². The second kappa shape index (κ2) is 6.17. The second-order valence-electron chi connectivity index (χ2n) is 3.95. The van der Waals surface area contributed by atoms with E-state index in [-0.39, 0.29) is 0 Å². The Hall–Kier alpha value is -0.340. The molecule has 0 aromatic heterocycles. The van der Waals surface area contributed by atoms with Gasteiger partial charge in [-0.1, -0.05) is 12.5 Å². The lowest BCUT2D eigenvalue weighted by Crippen LogP contribution is -2.48. The Bertz CT molecular complexity index is 141. The fraction of sp³-hybridized carbons (Fsp3) is 0.818. The number of aliphatic hydroxyl groups excluding tert-OH is 1. The van der Waals surface area contributed by atoms with E-state index in [0.717, 1.165) is 19.5 Å². The van der Waals surface area contributed by atoms with Crippen LogP contribution in [0.5, 0.6) is 0 Å². The van der Waals surface area contributed by atoms with Gasteiger partial charge >= 0.3 is 0 Å². The molecule has 0 saturated carbocycles. The van der Waals surface area contributed by atoms with Gasteiger partial charge in [0.25, 0.3) is 0 Å². The van der Waals surface area contributed by atoms with Gasteiger partial charge in [0.15, 0.2) is 0 Å². The maximum absolute atomic E-state index is 8.81. The summed E-state index contributed by atoms with van der Waals surface area (Å²) in [4.78, 5) is 2.43. The molecule has 0 radical (unpaired) electrons. The van der Waals surface area contributed by atoms with Gasteiger partial charge in [-0.3, -0.25) is 0 Å². The molecule has 1 fully saturated rings. The first-order valence-corrected chi connectivity index (χ1v) is 5.31. The summed E-state index contributed by atoms with van der Waals surface area (Å²) in [5.41, 5.74) is 0. The third-order valence-corrected chi connectivity index (χ3v) is 2.67. The average molecular weight is 183 g/mol. The summed E-state index contributed by atoms with van der Waals surface area (Å²) in [7, 11) is 0. The van der Waals surface area contributed by atoms with E-state index in [2.05, 4.69) is 11.5 Å². The summed E-state index contributed by atoms with van der Waals surface area (Å²) >= 11 is 0. The summed E-state index contributed by atoms with van der Waals surface area (Å²) in [6.45, 7) is 7.51. The molecule has 0 amide bonds. The fourth-order valence-corrected chi connectivity index (χ4v) is 1.78. The smallest absolute Gasteiger partial charge is 0.0483 e. The number of aliphatic hydroxyl groups is 1. The van der Waals surface area contributed by atoms with Crippen LogP contribution in [0, 0.1) is 5.92 Å². The summed E-state index contributed by atoms with van der Waals surface area (Å²) in [5, 5.41) is 8.81. The Labute approximate surface area is 81.2 Å². The van der Waals surface area contributed by atoms with Gasteiger partial charge in [-0.25, -0.2) is 0 Å². The molecule has 76 valence electrons. The van der Waals surface area contributed by atoms with E-state index in [4.69, 9.17) is 5.11 Å². The Morgan fingerprint density at radius 1 is 1.31 bits per heavy atom. The molecule has 2 heteroatoms. The molecule has 1 aliphatic rings. The Balaban J connectivity index is 1.82. The maximum atomic E-state index is 8.81. The monoisotopic (exact) mass is 183 g/mol. The van der Waals surface area contributed by atoms with E-state index in [1.54, 1.807) is 0 Å². The van der Waals surface area contributed by atoms with Crippen LogP contribution in [-0.4, -0.2) is 36.2 Å². The molecule has 1 saturated heterocycles. The highest BCUT2D eigenvalue weighted by molar-refractivity contribution is 4.78. The Morgan fingerprint density at radius 2 is 2.08 bits per heavy atom. The van der Waals surface area contributed by atoms with Crippen LogP contribution in [0.15, 0.2) is 12.7 Å². The molecule has 1 heterocycles. The molecule has 0 aromatic rings. The zero-order chi connectivity index (χ0) is 9.52.